The zero-order valence-electron chi connectivity index (χ0n) is 14.2. The molecule has 3 atom stereocenters. The first-order valence-corrected chi connectivity index (χ1v) is 10.1. The number of nitrogens with one attached hydrogen (secondary N) is 1. The maximum Gasteiger partial charge on any atom is 0.153 e. The molecule has 22 heavy (non-hydrogen) atoms. The summed E-state index contributed by atoms with van der Waals surface area (Å²) in [7, 11) is -3.04. The fourth-order valence-corrected chi connectivity index (χ4v) is 3.63. The summed E-state index contributed by atoms with van der Waals surface area (Å²) >= 11 is 0. The van der Waals surface area contributed by atoms with Gasteiger partial charge in [-0.15, -0.1) is 0 Å². The molecule has 124 valence electrons. The Balaban J connectivity index is 2.00. The molecule has 0 heterocycles. The summed E-state index contributed by atoms with van der Waals surface area (Å²) in [6.07, 6.45) is 4.76. The molecule has 1 N–H and O–H groups in total. The third-order valence-electron chi connectivity index (χ3n) is 5.03. The zero-order chi connectivity index (χ0) is 16.4. The molecule has 0 aliphatic heterocycles. The fraction of sp³-hybridized carbons (Fsp3) is 0.667. The highest BCUT2D eigenvalue weighted by Crippen LogP contribution is 2.36. The van der Waals surface area contributed by atoms with E-state index in [0.717, 1.165) is 12.8 Å². The van der Waals surface area contributed by atoms with Gasteiger partial charge in [0.25, 0.3) is 0 Å². The van der Waals surface area contributed by atoms with E-state index in [0.29, 0.717) is 24.4 Å². The molecular formula is C18H29NO2S. The smallest absolute Gasteiger partial charge is 0.153 e. The van der Waals surface area contributed by atoms with Crippen molar-refractivity contribution in [3.8, 4) is 0 Å². The van der Waals surface area contributed by atoms with E-state index in [1.54, 1.807) is 13.8 Å². The molecule has 1 aliphatic carbocycles. The fourth-order valence-electron chi connectivity index (χ4n) is 3.29. The zero-order valence-corrected chi connectivity index (χ0v) is 15.0. The molecule has 3 nitrogen and oxygen atoms in total. The van der Waals surface area contributed by atoms with E-state index in [4.69, 9.17) is 0 Å². The van der Waals surface area contributed by atoms with Crippen LogP contribution in [-0.4, -0.2) is 32.0 Å². The minimum atomic E-state index is -3.04. The first kappa shape index (κ1) is 17.5. The van der Waals surface area contributed by atoms with Gasteiger partial charge in [0.1, 0.15) is 0 Å². The van der Waals surface area contributed by atoms with Crippen LogP contribution in [0.3, 0.4) is 0 Å². The van der Waals surface area contributed by atoms with E-state index in [-0.39, 0.29) is 0 Å². The Hall–Kier alpha value is -0.870. The molecule has 1 saturated carbocycles. The molecule has 1 aliphatic rings. The van der Waals surface area contributed by atoms with Crippen molar-refractivity contribution in [2.75, 3.05) is 12.8 Å². The summed E-state index contributed by atoms with van der Waals surface area (Å²) < 4.78 is 23.0. The van der Waals surface area contributed by atoms with Crippen molar-refractivity contribution in [2.24, 2.45) is 5.92 Å². The van der Waals surface area contributed by atoms with Gasteiger partial charge in [0.05, 0.1) is 4.75 Å². The van der Waals surface area contributed by atoms with Gasteiger partial charge in [-0.2, -0.15) is 0 Å². The largest absolute Gasteiger partial charge is 0.312 e. The maximum absolute atomic E-state index is 11.8. The Labute approximate surface area is 135 Å². The minimum absolute atomic E-state index is 0.398. The number of rotatable bonds is 5. The summed E-state index contributed by atoms with van der Waals surface area (Å²) in [4.78, 5) is 0. The molecule has 0 bridgehead atoms. The van der Waals surface area contributed by atoms with Gasteiger partial charge in [-0.05, 0) is 50.5 Å². The van der Waals surface area contributed by atoms with Crippen LogP contribution in [0, 0.1) is 5.92 Å². The highest BCUT2D eigenvalue weighted by atomic mass is 32.2. The van der Waals surface area contributed by atoms with Gasteiger partial charge >= 0.3 is 0 Å². The van der Waals surface area contributed by atoms with Crippen LogP contribution in [0.4, 0.5) is 0 Å². The summed E-state index contributed by atoms with van der Waals surface area (Å²) in [5.74, 6) is 1.24. The van der Waals surface area contributed by atoms with Gasteiger partial charge in [-0.1, -0.05) is 37.3 Å². The van der Waals surface area contributed by atoms with E-state index in [2.05, 4.69) is 42.6 Å². The van der Waals surface area contributed by atoms with Crippen molar-refractivity contribution in [3.63, 3.8) is 0 Å². The van der Waals surface area contributed by atoms with E-state index in [1.807, 2.05) is 0 Å². The normalized spacial score (nSPS) is 26.8. The molecular weight excluding hydrogens is 294 g/mol. The molecule has 1 aromatic rings. The monoisotopic (exact) mass is 323 g/mol. The molecule has 0 unspecified atom stereocenters. The first-order valence-electron chi connectivity index (χ1n) is 8.17. The predicted molar refractivity (Wildman–Crippen MR) is 92.9 cm³/mol. The second-order valence-corrected chi connectivity index (χ2v) is 10.2. The number of sulfone groups is 1. The SMILES string of the molecule is C[C@@H]1C[C@H](NCC(C)(C)S(C)(=O)=O)C[C@@H](c2ccccc2)C1. The van der Waals surface area contributed by atoms with Gasteiger partial charge in [-0.3, -0.25) is 0 Å². The van der Waals surface area contributed by atoms with Gasteiger partial charge in [-0.25, -0.2) is 8.42 Å². The van der Waals surface area contributed by atoms with Crippen molar-refractivity contribution in [3.05, 3.63) is 35.9 Å². The lowest BCUT2D eigenvalue weighted by Gasteiger charge is -2.36. The van der Waals surface area contributed by atoms with Gasteiger partial charge < -0.3 is 5.32 Å². The van der Waals surface area contributed by atoms with Crippen LogP contribution >= 0.6 is 0 Å². The second kappa shape index (κ2) is 6.71. The molecule has 1 aromatic carbocycles. The highest BCUT2D eigenvalue weighted by Gasteiger charge is 2.33. The predicted octanol–water partition coefficient (Wildman–Crippen LogP) is 3.37. The average molecular weight is 324 g/mol. The van der Waals surface area contributed by atoms with E-state index >= 15 is 0 Å². The minimum Gasteiger partial charge on any atom is -0.312 e. The standard InChI is InChI=1S/C18H29NO2S/c1-14-10-16(15-8-6-5-7-9-15)12-17(11-14)19-13-18(2,3)22(4,20)21/h5-9,14,16-17,19H,10-13H2,1-4H3/t14-,16-,17-/m0/s1. The van der Waals surface area contributed by atoms with Crippen LogP contribution < -0.4 is 5.32 Å². The Morgan fingerprint density at radius 1 is 1.14 bits per heavy atom. The Morgan fingerprint density at radius 3 is 2.36 bits per heavy atom. The number of hydrogen-bond donors (Lipinski definition) is 1. The van der Waals surface area contributed by atoms with Crippen LogP contribution in [0.25, 0.3) is 0 Å². The lowest BCUT2D eigenvalue weighted by Crippen LogP contribution is -2.47. The lowest BCUT2D eigenvalue weighted by atomic mass is 9.76. The maximum atomic E-state index is 11.8. The quantitative estimate of drug-likeness (QED) is 0.903. The van der Waals surface area contributed by atoms with Crippen molar-refractivity contribution in [1.82, 2.24) is 5.32 Å². The van der Waals surface area contributed by atoms with Crippen LogP contribution in [0.2, 0.25) is 0 Å². The molecule has 1 fully saturated rings. The number of hydrogen-bond acceptors (Lipinski definition) is 3. The molecule has 0 amide bonds. The Morgan fingerprint density at radius 2 is 1.77 bits per heavy atom. The number of benzene rings is 1. The van der Waals surface area contributed by atoms with Crippen molar-refractivity contribution < 1.29 is 8.42 Å². The average Bonchev–Trinajstić information content (AvgIpc) is 2.44. The van der Waals surface area contributed by atoms with Crippen LogP contribution in [0.1, 0.15) is 51.5 Å². The molecule has 0 aromatic heterocycles. The summed E-state index contributed by atoms with van der Waals surface area (Å²) in [5, 5.41) is 3.52. The van der Waals surface area contributed by atoms with Gasteiger partial charge in [0.15, 0.2) is 9.84 Å². The van der Waals surface area contributed by atoms with Crippen LogP contribution in [-0.2, 0) is 9.84 Å². The van der Waals surface area contributed by atoms with Crippen molar-refractivity contribution in [1.29, 1.82) is 0 Å². The van der Waals surface area contributed by atoms with Crippen LogP contribution in [0.15, 0.2) is 30.3 Å². The first-order chi connectivity index (χ1) is 10.2. The topological polar surface area (TPSA) is 46.2 Å². The van der Waals surface area contributed by atoms with E-state index < -0.39 is 14.6 Å². The van der Waals surface area contributed by atoms with Crippen molar-refractivity contribution in [2.45, 2.75) is 56.7 Å². The molecule has 0 radical (unpaired) electrons. The molecule has 2 rings (SSSR count). The summed E-state index contributed by atoms with van der Waals surface area (Å²) in [6.45, 7) is 6.42. The van der Waals surface area contributed by atoms with E-state index in [1.165, 1.54) is 18.2 Å². The third-order valence-corrected chi connectivity index (χ3v) is 7.19. The molecule has 4 heteroatoms. The highest BCUT2D eigenvalue weighted by molar-refractivity contribution is 7.92. The summed E-state index contributed by atoms with van der Waals surface area (Å²) in [5.41, 5.74) is 1.41. The van der Waals surface area contributed by atoms with Gasteiger partial charge in [0.2, 0.25) is 0 Å². The Kier molecular flexibility index (Phi) is 5.33. The Bertz CT molecular complexity index is 580. The molecule has 0 spiro atoms. The van der Waals surface area contributed by atoms with Crippen LogP contribution in [0.5, 0.6) is 0 Å². The van der Waals surface area contributed by atoms with Gasteiger partial charge in [0, 0.05) is 18.8 Å². The third kappa shape index (κ3) is 4.32. The second-order valence-electron chi connectivity index (χ2n) is 7.53. The van der Waals surface area contributed by atoms with E-state index in [9.17, 15) is 8.42 Å². The van der Waals surface area contributed by atoms with Crippen molar-refractivity contribution >= 4 is 9.84 Å². The molecule has 0 saturated heterocycles. The summed E-state index contributed by atoms with van der Waals surface area (Å²) in [6, 6.07) is 11.1. The lowest BCUT2D eigenvalue weighted by molar-refractivity contribution is 0.268.